The fourth-order valence-corrected chi connectivity index (χ4v) is 2.43. The molecule has 1 heterocycles. The number of aryl methyl sites for hydroxylation is 1. The summed E-state index contributed by atoms with van der Waals surface area (Å²) in [5.74, 6) is 1.32. The minimum Gasteiger partial charge on any atom is -0.357 e. The van der Waals surface area contributed by atoms with E-state index in [0.29, 0.717) is 25.6 Å². The van der Waals surface area contributed by atoms with Crippen LogP contribution in [0.1, 0.15) is 30.3 Å². The van der Waals surface area contributed by atoms with Crippen molar-refractivity contribution in [1.82, 2.24) is 20.2 Å². The van der Waals surface area contributed by atoms with Crippen molar-refractivity contribution in [2.75, 3.05) is 13.1 Å². The average Bonchev–Trinajstić information content (AvgIpc) is 2.97. The fraction of sp³-hybridized carbons (Fsp3) is 0.444. The standard InChI is InChI=1S/C18H24F3N5.HI/c1-3-22-17(24-8-7-18(19,20)21)25-12-15-5-4-6-16(11-15)13-26-10-9-23-14(26)2;/h4-6,9-11H,3,7-8,12-13H2,1-2H3,(H2,22,24,25);1H. The summed E-state index contributed by atoms with van der Waals surface area (Å²) in [6, 6.07) is 7.98. The molecular formula is C18H25F3IN5. The molecule has 5 nitrogen and oxygen atoms in total. The SMILES string of the molecule is CCNC(=NCc1cccc(Cn2ccnc2C)c1)NCCC(F)(F)F.I. The van der Waals surface area contributed by atoms with E-state index in [4.69, 9.17) is 0 Å². The van der Waals surface area contributed by atoms with Crippen LogP contribution in [0.5, 0.6) is 0 Å². The number of nitrogens with one attached hydrogen (secondary N) is 2. The van der Waals surface area contributed by atoms with Crippen LogP contribution in [0.2, 0.25) is 0 Å². The zero-order valence-corrected chi connectivity index (χ0v) is 17.7. The van der Waals surface area contributed by atoms with Gasteiger partial charge in [0.15, 0.2) is 5.96 Å². The number of hydrogen-bond donors (Lipinski definition) is 2. The Bertz CT molecular complexity index is 728. The van der Waals surface area contributed by atoms with Crippen LogP contribution in [-0.2, 0) is 13.1 Å². The summed E-state index contributed by atoms with van der Waals surface area (Å²) in [4.78, 5) is 8.57. The van der Waals surface area contributed by atoms with Crippen LogP contribution in [0.15, 0.2) is 41.7 Å². The molecule has 0 radical (unpaired) electrons. The third-order valence-corrected chi connectivity index (χ3v) is 3.73. The molecule has 2 aromatic rings. The van der Waals surface area contributed by atoms with E-state index in [9.17, 15) is 13.2 Å². The molecule has 1 aromatic carbocycles. The first kappa shape index (κ1) is 23.3. The summed E-state index contributed by atoms with van der Waals surface area (Å²) >= 11 is 0. The highest BCUT2D eigenvalue weighted by molar-refractivity contribution is 14.0. The Morgan fingerprint density at radius 2 is 1.96 bits per heavy atom. The Hall–Kier alpha value is -1.78. The summed E-state index contributed by atoms with van der Waals surface area (Å²) in [6.45, 7) is 5.30. The molecule has 0 unspecified atom stereocenters. The smallest absolute Gasteiger partial charge is 0.357 e. The summed E-state index contributed by atoms with van der Waals surface area (Å²) in [6.07, 6.45) is -1.38. The normalized spacial score (nSPS) is 11.8. The van der Waals surface area contributed by atoms with Crippen LogP contribution in [-0.4, -0.2) is 34.8 Å². The Kier molecular flexibility index (Phi) is 9.61. The van der Waals surface area contributed by atoms with Crippen molar-refractivity contribution in [3.8, 4) is 0 Å². The maximum Gasteiger partial charge on any atom is 0.390 e. The van der Waals surface area contributed by atoms with Gasteiger partial charge in [-0.05, 0) is 25.0 Å². The second-order valence-electron chi connectivity index (χ2n) is 5.91. The van der Waals surface area contributed by atoms with Crippen molar-refractivity contribution in [2.45, 2.75) is 39.5 Å². The van der Waals surface area contributed by atoms with Crippen LogP contribution in [0.4, 0.5) is 13.2 Å². The Balaban J connectivity index is 0.00000364. The van der Waals surface area contributed by atoms with Crippen molar-refractivity contribution in [3.05, 3.63) is 53.6 Å². The van der Waals surface area contributed by atoms with Crippen LogP contribution < -0.4 is 10.6 Å². The van der Waals surface area contributed by atoms with Gasteiger partial charge in [-0.25, -0.2) is 9.98 Å². The van der Waals surface area contributed by atoms with Gasteiger partial charge >= 0.3 is 6.18 Å². The van der Waals surface area contributed by atoms with Gasteiger partial charge < -0.3 is 15.2 Å². The zero-order valence-electron chi connectivity index (χ0n) is 15.4. The van der Waals surface area contributed by atoms with E-state index in [0.717, 1.165) is 17.0 Å². The number of halogens is 4. The highest BCUT2D eigenvalue weighted by Crippen LogP contribution is 2.18. The fourth-order valence-electron chi connectivity index (χ4n) is 2.43. The van der Waals surface area contributed by atoms with E-state index in [1.165, 1.54) is 0 Å². The number of imidazole rings is 1. The maximum absolute atomic E-state index is 12.3. The van der Waals surface area contributed by atoms with Gasteiger partial charge in [-0.1, -0.05) is 24.3 Å². The lowest BCUT2D eigenvalue weighted by atomic mass is 10.1. The van der Waals surface area contributed by atoms with E-state index in [2.05, 4.69) is 20.6 Å². The molecule has 150 valence electrons. The molecule has 0 fully saturated rings. The van der Waals surface area contributed by atoms with Gasteiger partial charge in [-0.2, -0.15) is 13.2 Å². The number of benzene rings is 1. The molecule has 0 atom stereocenters. The molecule has 0 aliphatic heterocycles. The summed E-state index contributed by atoms with van der Waals surface area (Å²) in [5, 5.41) is 5.67. The lowest BCUT2D eigenvalue weighted by Crippen LogP contribution is -2.38. The number of hydrogen-bond acceptors (Lipinski definition) is 2. The molecule has 2 N–H and O–H groups in total. The first-order valence-corrected chi connectivity index (χ1v) is 8.52. The van der Waals surface area contributed by atoms with Gasteiger partial charge in [0.25, 0.3) is 0 Å². The number of aliphatic imine (C=N–C) groups is 1. The number of aromatic nitrogens is 2. The van der Waals surface area contributed by atoms with Gasteiger partial charge in [0, 0.05) is 32.0 Å². The second-order valence-corrected chi connectivity index (χ2v) is 5.91. The van der Waals surface area contributed by atoms with Crippen LogP contribution >= 0.6 is 24.0 Å². The third-order valence-electron chi connectivity index (χ3n) is 3.73. The molecule has 0 aliphatic rings. The molecule has 0 spiro atoms. The molecule has 9 heteroatoms. The number of guanidine groups is 1. The van der Waals surface area contributed by atoms with Gasteiger partial charge in [0.2, 0.25) is 0 Å². The molecule has 0 saturated carbocycles. The molecule has 1 aromatic heterocycles. The van der Waals surface area contributed by atoms with Gasteiger partial charge in [-0.15, -0.1) is 24.0 Å². The van der Waals surface area contributed by atoms with Crippen molar-refractivity contribution in [2.24, 2.45) is 4.99 Å². The minimum atomic E-state index is -4.18. The average molecular weight is 495 g/mol. The summed E-state index contributed by atoms with van der Waals surface area (Å²) in [7, 11) is 0. The van der Waals surface area contributed by atoms with E-state index in [1.54, 1.807) is 6.20 Å². The van der Waals surface area contributed by atoms with Gasteiger partial charge in [0.1, 0.15) is 5.82 Å². The molecule has 0 amide bonds. The number of alkyl halides is 3. The number of rotatable bonds is 7. The van der Waals surface area contributed by atoms with E-state index in [1.807, 2.05) is 48.9 Å². The molecule has 27 heavy (non-hydrogen) atoms. The van der Waals surface area contributed by atoms with Crippen LogP contribution in [0.25, 0.3) is 0 Å². The molecule has 0 saturated heterocycles. The van der Waals surface area contributed by atoms with E-state index >= 15 is 0 Å². The summed E-state index contributed by atoms with van der Waals surface area (Å²) < 4.78 is 38.8. The van der Waals surface area contributed by atoms with Crippen molar-refractivity contribution >= 4 is 29.9 Å². The lowest BCUT2D eigenvalue weighted by molar-refractivity contribution is -0.132. The minimum absolute atomic E-state index is 0. The Morgan fingerprint density at radius 3 is 2.59 bits per heavy atom. The second kappa shape index (κ2) is 11.2. The molecule has 2 rings (SSSR count). The van der Waals surface area contributed by atoms with E-state index in [-0.39, 0.29) is 30.5 Å². The van der Waals surface area contributed by atoms with Crippen molar-refractivity contribution < 1.29 is 13.2 Å². The zero-order chi connectivity index (χ0) is 19.0. The van der Waals surface area contributed by atoms with Crippen LogP contribution in [0, 0.1) is 6.92 Å². The summed E-state index contributed by atoms with van der Waals surface area (Å²) in [5.41, 5.74) is 2.11. The van der Waals surface area contributed by atoms with Crippen LogP contribution in [0.3, 0.4) is 0 Å². The first-order valence-electron chi connectivity index (χ1n) is 8.52. The molecule has 0 aliphatic carbocycles. The van der Waals surface area contributed by atoms with Gasteiger partial charge in [0.05, 0.1) is 13.0 Å². The monoisotopic (exact) mass is 495 g/mol. The quantitative estimate of drug-likeness (QED) is 0.349. The molecule has 0 bridgehead atoms. The Morgan fingerprint density at radius 1 is 1.22 bits per heavy atom. The Labute approximate surface area is 174 Å². The topological polar surface area (TPSA) is 54.2 Å². The highest BCUT2D eigenvalue weighted by atomic mass is 127. The third kappa shape index (κ3) is 8.63. The van der Waals surface area contributed by atoms with Crippen molar-refractivity contribution in [1.29, 1.82) is 0 Å². The molecular weight excluding hydrogens is 470 g/mol. The number of nitrogens with zero attached hydrogens (tertiary/aromatic N) is 3. The predicted molar refractivity (Wildman–Crippen MR) is 111 cm³/mol. The van der Waals surface area contributed by atoms with E-state index < -0.39 is 12.6 Å². The van der Waals surface area contributed by atoms with Gasteiger partial charge in [-0.3, -0.25) is 0 Å². The highest BCUT2D eigenvalue weighted by Gasteiger charge is 2.26. The first-order chi connectivity index (χ1) is 12.4. The lowest BCUT2D eigenvalue weighted by Gasteiger charge is -2.12. The largest absolute Gasteiger partial charge is 0.390 e. The predicted octanol–water partition coefficient (Wildman–Crippen LogP) is 3.87. The van der Waals surface area contributed by atoms with Crippen molar-refractivity contribution in [3.63, 3.8) is 0 Å². The maximum atomic E-state index is 12.3.